The molecular formula is C29H35F4N5O4. The Morgan fingerprint density at radius 3 is 2.45 bits per heavy atom. The average Bonchev–Trinajstić information content (AvgIpc) is 2.91. The molecule has 0 spiro atoms. The number of aromatic nitrogens is 1. The highest BCUT2D eigenvalue weighted by molar-refractivity contribution is 6.07. The van der Waals surface area contributed by atoms with E-state index in [0.717, 1.165) is 12.3 Å². The smallest absolute Gasteiger partial charge is 0.410 e. The molecule has 2 amide bonds. The zero-order chi connectivity index (χ0) is 30.9. The van der Waals surface area contributed by atoms with E-state index >= 15 is 8.78 Å². The SMILES string of the molecule is CC1CN(c2cc(F)c(C3=CCN(C(=O)OC(C)(C)C)CC3)c(F)c2NC(=O)c2c[nH]c(=O)cc2C(F)F)CCN1C. The van der Waals surface area contributed by atoms with Crippen LogP contribution in [0, 0.1) is 11.6 Å². The highest BCUT2D eigenvalue weighted by Gasteiger charge is 2.31. The number of piperazine rings is 1. The molecule has 0 bridgehead atoms. The van der Waals surface area contributed by atoms with Crippen molar-refractivity contribution in [1.82, 2.24) is 14.8 Å². The van der Waals surface area contributed by atoms with E-state index in [4.69, 9.17) is 4.74 Å². The van der Waals surface area contributed by atoms with Crippen LogP contribution in [0.3, 0.4) is 0 Å². The fourth-order valence-electron chi connectivity index (χ4n) is 4.97. The lowest BCUT2D eigenvalue weighted by molar-refractivity contribution is 0.0270. The Labute approximate surface area is 241 Å². The van der Waals surface area contributed by atoms with Crippen LogP contribution in [0.4, 0.5) is 33.7 Å². The fraction of sp³-hybridized carbons (Fsp3) is 0.483. The van der Waals surface area contributed by atoms with Crippen LogP contribution < -0.4 is 15.8 Å². The molecule has 1 atom stereocenters. The molecule has 1 fully saturated rings. The zero-order valence-electron chi connectivity index (χ0n) is 24.2. The molecule has 42 heavy (non-hydrogen) atoms. The third-order valence-electron chi connectivity index (χ3n) is 7.35. The molecule has 0 saturated carbocycles. The van der Waals surface area contributed by atoms with Gasteiger partial charge in [0.1, 0.15) is 17.1 Å². The van der Waals surface area contributed by atoms with Gasteiger partial charge in [-0.3, -0.25) is 9.59 Å². The number of H-pyrrole nitrogens is 1. The van der Waals surface area contributed by atoms with Gasteiger partial charge in [-0.2, -0.15) is 0 Å². The Morgan fingerprint density at radius 2 is 1.86 bits per heavy atom. The Kier molecular flexibility index (Phi) is 9.00. The first-order valence-electron chi connectivity index (χ1n) is 13.6. The summed E-state index contributed by atoms with van der Waals surface area (Å²) in [6.45, 7) is 8.73. The molecule has 1 saturated heterocycles. The Balaban J connectivity index is 1.74. The summed E-state index contributed by atoms with van der Waals surface area (Å²) in [5, 5.41) is 2.39. The summed E-state index contributed by atoms with van der Waals surface area (Å²) in [5.41, 5.74) is -3.28. The number of alkyl halides is 2. The summed E-state index contributed by atoms with van der Waals surface area (Å²) >= 11 is 0. The Morgan fingerprint density at radius 1 is 1.14 bits per heavy atom. The van der Waals surface area contributed by atoms with Gasteiger partial charge in [0.25, 0.3) is 12.3 Å². The molecule has 1 aromatic carbocycles. The number of benzene rings is 1. The Hall–Kier alpha value is -3.87. The van der Waals surface area contributed by atoms with Gasteiger partial charge in [-0.1, -0.05) is 6.08 Å². The molecule has 2 N–H and O–H groups in total. The molecule has 4 rings (SSSR count). The topological polar surface area (TPSA) is 98.0 Å². The highest BCUT2D eigenvalue weighted by atomic mass is 19.3. The molecule has 2 aromatic rings. The standard InChI is InChI=1S/C29H35F4N5O4/c1-16-15-38(11-10-36(16)5)21-13-20(30)23(17-6-8-37(9-7-17)28(41)42-29(2,3)4)24(31)25(21)35-27(40)19-14-34-22(39)12-18(19)26(32)33/h6,12-14,16,26H,7-11,15H2,1-5H3,(H,34,39)(H,35,40). The minimum absolute atomic E-state index is 0.0256. The van der Waals surface area contributed by atoms with Crippen molar-refractivity contribution in [3.05, 3.63) is 63.1 Å². The third-order valence-corrected chi connectivity index (χ3v) is 7.35. The second-order valence-corrected chi connectivity index (χ2v) is 11.5. The summed E-state index contributed by atoms with van der Waals surface area (Å²) in [4.78, 5) is 44.7. The van der Waals surface area contributed by atoms with Crippen LogP contribution in [0.15, 0.2) is 29.2 Å². The van der Waals surface area contributed by atoms with Crippen molar-refractivity contribution in [2.24, 2.45) is 0 Å². The highest BCUT2D eigenvalue weighted by Crippen LogP contribution is 2.39. The van der Waals surface area contributed by atoms with Gasteiger partial charge >= 0.3 is 6.09 Å². The quantitative estimate of drug-likeness (QED) is 0.474. The van der Waals surface area contributed by atoms with E-state index in [0.29, 0.717) is 25.7 Å². The molecule has 9 nitrogen and oxygen atoms in total. The number of hydrogen-bond acceptors (Lipinski definition) is 6. The van der Waals surface area contributed by atoms with E-state index in [9.17, 15) is 23.2 Å². The minimum Gasteiger partial charge on any atom is -0.444 e. The van der Waals surface area contributed by atoms with Crippen LogP contribution in [0.25, 0.3) is 5.57 Å². The second-order valence-electron chi connectivity index (χ2n) is 11.5. The molecule has 0 radical (unpaired) electrons. The van der Waals surface area contributed by atoms with Crippen molar-refractivity contribution in [1.29, 1.82) is 0 Å². The van der Waals surface area contributed by atoms with Crippen molar-refractivity contribution < 1.29 is 31.9 Å². The first-order valence-corrected chi connectivity index (χ1v) is 13.6. The lowest BCUT2D eigenvalue weighted by Gasteiger charge is -2.40. The molecule has 1 aromatic heterocycles. The predicted molar refractivity (Wildman–Crippen MR) is 151 cm³/mol. The van der Waals surface area contributed by atoms with Gasteiger partial charge in [0.05, 0.1) is 16.8 Å². The van der Waals surface area contributed by atoms with Crippen LogP contribution >= 0.6 is 0 Å². The third kappa shape index (κ3) is 6.77. The van der Waals surface area contributed by atoms with Gasteiger partial charge in [-0.05, 0) is 46.7 Å². The molecule has 0 aliphatic carbocycles. The van der Waals surface area contributed by atoms with E-state index in [2.05, 4.69) is 15.2 Å². The van der Waals surface area contributed by atoms with Gasteiger partial charge in [0.15, 0.2) is 5.82 Å². The summed E-state index contributed by atoms with van der Waals surface area (Å²) in [5.74, 6) is -3.01. The average molecular weight is 594 g/mol. The van der Waals surface area contributed by atoms with E-state index in [1.54, 1.807) is 25.7 Å². The first-order chi connectivity index (χ1) is 19.7. The van der Waals surface area contributed by atoms with Crippen molar-refractivity contribution >= 4 is 28.9 Å². The number of pyridine rings is 1. The van der Waals surface area contributed by atoms with Crippen LogP contribution in [0.1, 0.15) is 62.0 Å². The number of nitrogens with one attached hydrogen (secondary N) is 2. The molecule has 1 unspecified atom stereocenters. The van der Waals surface area contributed by atoms with E-state index < -0.39 is 52.3 Å². The maximum Gasteiger partial charge on any atom is 0.410 e. The molecule has 2 aliphatic rings. The predicted octanol–water partition coefficient (Wildman–Crippen LogP) is 5.01. The van der Waals surface area contributed by atoms with Gasteiger partial charge in [-0.15, -0.1) is 0 Å². The number of amides is 2. The maximum atomic E-state index is 16.3. The maximum absolute atomic E-state index is 16.3. The monoisotopic (exact) mass is 593 g/mol. The number of aromatic amines is 1. The largest absolute Gasteiger partial charge is 0.444 e. The number of carbonyl (C=O) groups is 2. The van der Waals surface area contributed by atoms with Crippen molar-refractivity contribution in [2.75, 3.05) is 50.0 Å². The van der Waals surface area contributed by atoms with Gasteiger partial charge in [0, 0.05) is 62.7 Å². The summed E-state index contributed by atoms with van der Waals surface area (Å²) in [6.07, 6.45) is -1.22. The van der Waals surface area contributed by atoms with Gasteiger partial charge < -0.3 is 29.7 Å². The fourth-order valence-corrected chi connectivity index (χ4v) is 4.97. The van der Waals surface area contributed by atoms with E-state index in [1.807, 2.05) is 14.0 Å². The number of likely N-dealkylation sites (N-methyl/N-ethyl adjacent to an activating group) is 1. The van der Waals surface area contributed by atoms with Crippen LogP contribution in [-0.4, -0.2) is 78.2 Å². The number of rotatable bonds is 5. The molecule has 2 aliphatic heterocycles. The molecule has 3 heterocycles. The summed E-state index contributed by atoms with van der Waals surface area (Å²) in [6, 6.07) is 1.77. The normalized spacial score (nSPS) is 18.2. The number of hydrogen-bond donors (Lipinski definition) is 2. The van der Waals surface area contributed by atoms with Crippen LogP contribution in [-0.2, 0) is 4.74 Å². The summed E-state index contributed by atoms with van der Waals surface area (Å²) in [7, 11) is 1.92. The van der Waals surface area contributed by atoms with Gasteiger partial charge in [-0.25, -0.2) is 22.4 Å². The number of nitrogens with zero attached hydrogens (tertiary/aromatic N) is 3. The van der Waals surface area contributed by atoms with E-state index in [1.165, 1.54) is 11.0 Å². The minimum atomic E-state index is -3.14. The number of anilines is 2. The second kappa shape index (κ2) is 12.2. The molecule has 13 heteroatoms. The number of halogens is 4. The zero-order valence-corrected chi connectivity index (χ0v) is 24.2. The van der Waals surface area contributed by atoms with Crippen molar-refractivity contribution in [3.63, 3.8) is 0 Å². The lowest BCUT2D eigenvalue weighted by Crippen LogP contribution is -2.50. The summed E-state index contributed by atoms with van der Waals surface area (Å²) < 4.78 is 64.7. The van der Waals surface area contributed by atoms with Crippen LogP contribution in [0.5, 0.6) is 0 Å². The Bertz CT molecular complexity index is 1450. The van der Waals surface area contributed by atoms with Gasteiger partial charge in [0.2, 0.25) is 5.56 Å². The first kappa shape index (κ1) is 31.1. The number of carbonyl (C=O) groups excluding carboxylic acids is 2. The van der Waals surface area contributed by atoms with Crippen LogP contribution in [0.2, 0.25) is 0 Å². The van der Waals surface area contributed by atoms with Crippen molar-refractivity contribution in [2.45, 2.75) is 52.2 Å². The molecule has 228 valence electrons. The molecular weight excluding hydrogens is 558 g/mol. The van der Waals surface area contributed by atoms with E-state index in [-0.39, 0.29) is 48.1 Å². The number of ether oxygens (including phenoxy) is 1. The lowest BCUT2D eigenvalue weighted by atomic mass is 9.96. The van der Waals surface area contributed by atoms with Crippen molar-refractivity contribution in [3.8, 4) is 0 Å².